The topological polar surface area (TPSA) is 66.8 Å². The van der Waals surface area contributed by atoms with Gasteiger partial charge in [0.1, 0.15) is 0 Å². The Morgan fingerprint density at radius 2 is 2.07 bits per heavy atom. The van der Waals surface area contributed by atoms with Crippen LogP contribution in [0.3, 0.4) is 0 Å². The molecule has 0 aliphatic rings. The quantitative estimate of drug-likeness (QED) is 0.286. The molecule has 0 aromatic heterocycles. The minimum absolute atomic E-state index is 0.310. The highest BCUT2D eigenvalue weighted by atomic mass is 16.5. The Hall–Kier alpha value is -0.805. The van der Waals surface area contributed by atoms with Gasteiger partial charge >= 0.3 is 13.1 Å². The monoisotopic (exact) mass is 200 g/mol. The van der Waals surface area contributed by atoms with Crippen molar-refractivity contribution in [2.75, 3.05) is 7.11 Å². The van der Waals surface area contributed by atoms with Crippen molar-refractivity contribution in [1.82, 2.24) is 0 Å². The molecule has 0 aliphatic carbocycles. The molecule has 4 nitrogen and oxygen atoms in total. The minimum atomic E-state index is -1.56. The van der Waals surface area contributed by atoms with E-state index in [2.05, 4.69) is 11.7 Å². The number of hydrogen-bond acceptors (Lipinski definition) is 4. The fourth-order valence-electron chi connectivity index (χ4n) is 1.07. The summed E-state index contributed by atoms with van der Waals surface area (Å²) in [7, 11) is -0.308. The van der Waals surface area contributed by atoms with Gasteiger partial charge in [0.2, 0.25) is 0 Å². The molecule has 0 saturated carbocycles. The smallest absolute Gasteiger partial charge is 0.466 e. The molecule has 0 fully saturated rings. The maximum absolute atomic E-state index is 10.8. The molecule has 0 bridgehead atoms. The summed E-state index contributed by atoms with van der Waals surface area (Å²) in [4.78, 5) is 10.8. The summed E-state index contributed by atoms with van der Waals surface area (Å²) in [5.74, 6) is -0.551. The van der Waals surface area contributed by atoms with Crippen molar-refractivity contribution < 1.29 is 19.6 Å². The molecule has 0 spiro atoms. The molecule has 2 N–H and O–H groups in total. The molecule has 0 aromatic carbocycles. The fourth-order valence-corrected chi connectivity index (χ4v) is 1.07. The summed E-state index contributed by atoms with van der Waals surface area (Å²) >= 11 is 0. The third kappa shape index (κ3) is 5.77. The van der Waals surface area contributed by atoms with Crippen LogP contribution >= 0.6 is 0 Å². The number of rotatable bonds is 6. The highest BCUT2D eigenvalue weighted by Gasteiger charge is 2.15. The molecule has 0 atom stereocenters. The van der Waals surface area contributed by atoms with Gasteiger partial charge in [-0.15, -0.1) is 0 Å². The Kier molecular flexibility index (Phi) is 7.15. The SMILES string of the molecule is CCCCC/C(=C/C(=O)OC)B(O)O. The first kappa shape index (κ1) is 13.2. The van der Waals surface area contributed by atoms with Crippen molar-refractivity contribution >= 4 is 13.1 Å². The van der Waals surface area contributed by atoms with Crippen LogP contribution in [0.25, 0.3) is 0 Å². The van der Waals surface area contributed by atoms with E-state index in [4.69, 9.17) is 10.0 Å². The first-order valence-corrected chi connectivity index (χ1v) is 4.76. The summed E-state index contributed by atoms with van der Waals surface area (Å²) in [6, 6.07) is 0. The van der Waals surface area contributed by atoms with E-state index in [0.717, 1.165) is 25.3 Å². The number of carbonyl (C=O) groups is 1. The first-order chi connectivity index (χ1) is 6.61. The average molecular weight is 200 g/mol. The van der Waals surface area contributed by atoms with E-state index in [1.807, 2.05) is 0 Å². The van der Waals surface area contributed by atoms with E-state index >= 15 is 0 Å². The van der Waals surface area contributed by atoms with Crippen LogP contribution in [0.4, 0.5) is 0 Å². The maximum Gasteiger partial charge on any atom is 0.484 e. The molecule has 80 valence electrons. The highest BCUT2D eigenvalue weighted by Crippen LogP contribution is 2.10. The second kappa shape index (κ2) is 7.59. The van der Waals surface area contributed by atoms with Crippen molar-refractivity contribution in [2.24, 2.45) is 0 Å². The third-order valence-corrected chi connectivity index (χ3v) is 1.91. The number of esters is 1. The van der Waals surface area contributed by atoms with E-state index in [1.54, 1.807) is 0 Å². The summed E-state index contributed by atoms with van der Waals surface area (Å²) < 4.78 is 4.40. The zero-order chi connectivity index (χ0) is 11.0. The normalized spacial score (nSPS) is 11.3. The maximum atomic E-state index is 10.8. The van der Waals surface area contributed by atoms with Crippen LogP contribution in [0, 0.1) is 0 Å². The van der Waals surface area contributed by atoms with Crippen LogP contribution in [-0.2, 0) is 9.53 Å². The van der Waals surface area contributed by atoms with Crippen LogP contribution in [0.1, 0.15) is 32.6 Å². The highest BCUT2D eigenvalue weighted by molar-refractivity contribution is 6.51. The standard InChI is InChI=1S/C9H17BO4/c1-3-4-5-6-8(10(12)13)7-9(11)14-2/h7,12-13H,3-6H2,1-2H3/b8-7-. The van der Waals surface area contributed by atoms with Crippen molar-refractivity contribution in [2.45, 2.75) is 32.6 Å². The van der Waals surface area contributed by atoms with Gasteiger partial charge in [0.05, 0.1) is 7.11 Å². The number of hydrogen-bond donors (Lipinski definition) is 2. The molecular weight excluding hydrogens is 183 g/mol. The van der Waals surface area contributed by atoms with Gasteiger partial charge < -0.3 is 14.8 Å². The van der Waals surface area contributed by atoms with Crippen molar-refractivity contribution in [3.63, 3.8) is 0 Å². The molecule has 14 heavy (non-hydrogen) atoms. The molecule has 0 rings (SSSR count). The molecule has 0 aromatic rings. The van der Waals surface area contributed by atoms with Gasteiger partial charge in [0, 0.05) is 6.08 Å². The molecule has 0 heterocycles. The zero-order valence-electron chi connectivity index (χ0n) is 8.69. The Morgan fingerprint density at radius 1 is 1.43 bits per heavy atom. The number of methoxy groups -OCH3 is 1. The van der Waals surface area contributed by atoms with Crippen molar-refractivity contribution in [3.8, 4) is 0 Å². The first-order valence-electron chi connectivity index (χ1n) is 4.76. The van der Waals surface area contributed by atoms with E-state index in [1.165, 1.54) is 7.11 Å². The van der Waals surface area contributed by atoms with Crippen molar-refractivity contribution in [1.29, 1.82) is 0 Å². The number of ether oxygens (including phenoxy) is 1. The molecular formula is C9H17BO4. The van der Waals surface area contributed by atoms with Gasteiger partial charge in [-0.2, -0.15) is 0 Å². The van der Waals surface area contributed by atoms with Crippen LogP contribution in [-0.4, -0.2) is 30.2 Å². The van der Waals surface area contributed by atoms with Gasteiger partial charge in [-0.3, -0.25) is 0 Å². The summed E-state index contributed by atoms with van der Waals surface area (Å²) in [5.41, 5.74) is 0.310. The average Bonchev–Trinajstić information content (AvgIpc) is 2.16. The van der Waals surface area contributed by atoms with E-state index in [0.29, 0.717) is 11.9 Å². The van der Waals surface area contributed by atoms with Gasteiger partial charge in [0.25, 0.3) is 0 Å². The van der Waals surface area contributed by atoms with Crippen LogP contribution in [0.15, 0.2) is 11.5 Å². The van der Waals surface area contributed by atoms with Crippen molar-refractivity contribution in [3.05, 3.63) is 11.5 Å². The van der Waals surface area contributed by atoms with Crippen LogP contribution < -0.4 is 0 Å². The Bertz CT molecular complexity index is 201. The lowest BCUT2D eigenvalue weighted by Gasteiger charge is -2.04. The molecule has 0 aliphatic heterocycles. The Balaban J connectivity index is 4.15. The second-order valence-electron chi connectivity index (χ2n) is 3.07. The second-order valence-corrected chi connectivity index (χ2v) is 3.07. The Labute approximate surface area is 84.7 Å². The lowest BCUT2D eigenvalue weighted by atomic mass is 9.76. The lowest BCUT2D eigenvalue weighted by Crippen LogP contribution is -2.17. The van der Waals surface area contributed by atoms with Crippen LogP contribution in [0.2, 0.25) is 0 Å². The third-order valence-electron chi connectivity index (χ3n) is 1.91. The fraction of sp³-hybridized carbons (Fsp3) is 0.667. The largest absolute Gasteiger partial charge is 0.484 e. The van der Waals surface area contributed by atoms with Gasteiger partial charge in [0.15, 0.2) is 0 Å². The molecule has 0 amide bonds. The van der Waals surface area contributed by atoms with Crippen LogP contribution in [0.5, 0.6) is 0 Å². The summed E-state index contributed by atoms with van der Waals surface area (Å²) in [6.45, 7) is 2.05. The molecule has 0 radical (unpaired) electrons. The number of allylic oxidation sites excluding steroid dienone is 1. The minimum Gasteiger partial charge on any atom is -0.466 e. The predicted octanol–water partition coefficient (Wildman–Crippen LogP) is 0.678. The van der Waals surface area contributed by atoms with E-state index in [-0.39, 0.29) is 0 Å². The lowest BCUT2D eigenvalue weighted by molar-refractivity contribution is -0.134. The molecule has 5 heteroatoms. The van der Waals surface area contributed by atoms with E-state index in [9.17, 15) is 4.79 Å². The van der Waals surface area contributed by atoms with Gasteiger partial charge in [-0.05, 0) is 11.9 Å². The van der Waals surface area contributed by atoms with E-state index < -0.39 is 13.1 Å². The van der Waals surface area contributed by atoms with Gasteiger partial charge in [-0.25, -0.2) is 4.79 Å². The number of unbranched alkanes of at least 4 members (excludes halogenated alkanes) is 2. The Morgan fingerprint density at radius 3 is 2.50 bits per heavy atom. The molecule has 0 saturated heterocycles. The summed E-state index contributed by atoms with van der Waals surface area (Å²) in [6.07, 6.45) is 4.55. The predicted molar refractivity (Wildman–Crippen MR) is 54.4 cm³/mol. The zero-order valence-corrected chi connectivity index (χ0v) is 8.69. The number of carbonyl (C=O) groups excluding carboxylic acids is 1. The summed E-state index contributed by atoms with van der Waals surface area (Å²) in [5, 5.41) is 17.9. The molecule has 0 unspecified atom stereocenters. The van der Waals surface area contributed by atoms with Gasteiger partial charge in [-0.1, -0.05) is 26.2 Å².